The van der Waals surface area contributed by atoms with Crippen molar-refractivity contribution in [1.82, 2.24) is 15.0 Å². The largest absolute Gasteiger partial charge is 0.370 e. The fourth-order valence-corrected chi connectivity index (χ4v) is 1.62. The Bertz CT molecular complexity index is 514. The van der Waals surface area contributed by atoms with Gasteiger partial charge in [-0.15, -0.1) is 0 Å². The number of nitrogens with one attached hydrogen (secondary N) is 2. The molecule has 0 unspecified atom stereocenters. The number of aryl methyl sites for hydroxylation is 1. The van der Waals surface area contributed by atoms with Crippen LogP contribution in [0.25, 0.3) is 0 Å². The van der Waals surface area contributed by atoms with E-state index in [0.717, 1.165) is 30.3 Å². The molecule has 6 heteroatoms. The van der Waals surface area contributed by atoms with Gasteiger partial charge in [-0.2, -0.15) is 0 Å². The van der Waals surface area contributed by atoms with Crippen molar-refractivity contribution in [1.29, 1.82) is 0 Å². The Kier molecular flexibility index (Phi) is 4.63. The summed E-state index contributed by atoms with van der Waals surface area (Å²) in [6.45, 7) is 3.34. The molecule has 0 spiro atoms. The third kappa shape index (κ3) is 4.18. The van der Waals surface area contributed by atoms with Crippen LogP contribution in [-0.2, 0) is 0 Å². The molecule has 2 aromatic heterocycles. The molecular formula is C13H18N6. The van der Waals surface area contributed by atoms with E-state index < -0.39 is 0 Å². The maximum Gasteiger partial charge on any atom is 0.136 e. The summed E-state index contributed by atoms with van der Waals surface area (Å²) in [5.74, 6) is 2.28. The molecule has 0 saturated heterocycles. The van der Waals surface area contributed by atoms with Crippen LogP contribution in [0, 0.1) is 6.92 Å². The highest BCUT2D eigenvalue weighted by molar-refractivity contribution is 5.58. The van der Waals surface area contributed by atoms with Crippen LogP contribution in [0.4, 0.5) is 17.3 Å². The van der Waals surface area contributed by atoms with Gasteiger partial charge >= 0.3 is 0 Å². The molecule has 100 valence electrons. The number of anilines is 3. The zero-order valence-electron chi connectivity index (χ0n) is 10.9. The average Bonchev–Trinajstić information content (AvgIpc) is 2.39. The van der Waals surface area contributed by atoms with Crippen molar-refractivity contribution < 1.29 is 0 Å². The first-order chi connectivity index (χ1) is 9.28. The van der Waals surface area contributed by atoms with Crippen LogP contribution in [0.2, 0.25) is 0 Å². The zero-order chi connectivity index (χ0) is 13.5. The van der Waals surface area contributed by atoms with Gasteiger partial charge in [0.05, 0.1) is 0 Å². The van der Waals surface area contributed by atoms with Crippen LogP contribution in [-0.4, -0.2) is 28.0 Å². The number of aromatic nitrogens is 3. The van der Waals surface area contributed by atoms with Crippen molar-refractivity contribution >= 4 is 17.3 Å². The highest BCUT2D eigenvalue weighted by atomic mass is 15.1. The summed E-state index contributed by atoms with van der Waals surface area (Å²) < 4.78 is 0. The van der Waals surface area contributed by atoms with Crippen molar-refractivity contribution in [3.05, 3.63) is 36.4 Å². The summed E-state index contributed by atoms with van der Waals surface area (Å²) in [6.07, 6.45) is 4.38. The predicted molar refractivity (Wildman–Crippen MR) is 76.4 cm³/mol. The van der Waals surface area contributed by atoms with E-state index >= 15 is 0 Å². The first-order valence-electron chi connectivity index (χ1n) is 6.24. The second-order valence-electron chi connectivity index (χ2n) is 4.12. The quantitative estimate of drug-likeness (QED) is 0.683. The van der Waals surface area contributed by atoms with E-state index in [1.54, 1.807) is 12.4 Å². The molecule has 0 saturated carbocycles. The van der Waals surface area contributed by atoms with Crippen LogP contribution in [0.5, 0.6) is 0 Å². The SMILES string of the molecule is Cc1nc(NCCCN)cc(Nc2ccncc2)n1. The number of hydrogen-bond donors (Lipinski definition) is 3. The van der Waals surface area contributed by atoms with Gasteiger partial charge in [0.15, 0.2) is 0 Å². The number of nitrogens with two attached hydrogens (primary N) is 1. The predicted octanol–water partition coefficient (Wildman–Crippen LogP) is 1.68. The molecule has 0 aliphatic heterocycles. The van der Waals surface area contributed by atoms with Gasteiger partial charge < -0.3 is 16.4 Å². The number of hydrogen-bond acceptors (Lipinski definition) is 6. The molecule has 2 aromatic rings. The summed E-state index contributed by atoms with van der Waals surface area (Å²) in [5, 5.41) is 6.45. The van der Waals surface area contributed by atoms with Gasteiger partial charge in [-0.1, -0.05) is 0 Å². The molecule has 0 aromatic carbocycles. The lowest BCUT2D eigenvalue weighted by Crippen LogP contribution is -2.10. The van der Waals surface area contributed by atoms with E-state index in [1.807, 2.05) is 25.1 Å². The summed E-state index contributed by atoms with van der Waals surface area (Å²) in [7, 11) is 0. The van der Waals surface area contributed by atoms with Gasteiger partial charge in [0, 0.05) is 30.7 Å². The number of nitrogens with zero attached hydrogens (tertiary/aromatic N) is 3. The van der Waals surface area contributed by atoms with Crippen molar-refractivity contribution in [3.63, 3.8) is 0 Å². The van der Waals surface area contributed by atoms with E-state index in [2.05, 4.69) is 25.6 Å². The molecule has 0 atom stereocenters. The Morgan fingerprint density at radius 3 is 2.63 bits per heavy atom. The Morgan fingerprint density at radius 2 is 1.89 bits per heavy atom. The van der Waals surface area contributed by atoms with Crippen molar-refractivity contribution in [2.45, 2.75) is 13.3 Å². The Balaban J connectivity index is 2.08. The van der Waals surface area contributed by atoms with E-state index in [-0.39, 0.29) is 0 Å². The lowest BCUT2D eigenvalue weighted by molar-refractivity contribution is 0.867. The molecule has 2 rings (SSSR count). The summed E-state index contributed by atoms with van der Waals surface area (Å²) >= 11 is 0. The third-order valence-electron chi connectivity index (χ3n) is 2.48. The Hall–Kier alpha value is -2.21. The second kappa shape index (κ2) is 6.65. The molecule has 0 aliphatic carbocycles. The third-order valence-corrected chi connectivity index (χ3v) is 2.48. The fourth-order valence-electron chi connectivity index (χ4n) is 1.62. The minimum atomic E-state index is 0.666. The van der Waals surface area contributed by atoms with Crippen molar-refractivity contribution in [2.24, 2.45) is 5.73 Å². The molecule has 0 radical (unpaired) electrons. The van der Waals surface area contributed by atoms with E-state index in [9.17, 15) is 0 Å². The highest BCUT2D eigenvalue weighted by Crippen LogP contribution is 2.16. The van der Waals surface area contributed by atoms with Crippen molar-refractivity contribution in [3.8, 4) is 0 Å². The standard InChI is InChI=1S/C13H18N6/c1-10-17-12(16-6-2-5-14)9-13(18-10)19-11-3-7-15-8-4-11/h3-4,7-9H,2,5-6,14H2,1H3,(H2,15,16,17,18,19). The molecule has 6 nitrogen and oxygen atoms in total. The Labute approximate surface area is 112 Å². The molecule has 4 N–H and O–H groups in total. The monoisotopic (exact) mass is 258 g/mol. The van der Waals surface area contributed by atoms with E-state index in [1.165, 1.54) is 0 Å². The first-order valence-corrected chi connectivity index (χ1v) is 6.24. The molecule has 0 aliphatic rings. The maximum absolute atomic E-state index is 5.46. The zero-order valence-corrected chi connectivity index (χ0v) is 10.9. The van der Waals surface area contributed by atoms with E-state index in [0.29, 0.717) is 12.4 Å². The average molecular weight is 258 g/mol. The van der Waals surface area contributed by atoms with Gasteiger partial charge in [0.1, 0.15) is 17.5 Å². The van der Waals surface area contributed by atoms with E-state index in [4.69, 9.17) is 5.73 Å². The molecule has 0 fully saturated rings. The number of pyridine rings is 1. The van der Waals surface area contributed by atoms with Crippen LogP contribution in [0.3, 0.4) is 0 Å². The van der Waals surface area contributed by atoms with Crippen LogP contribution in [0.15, 0.2) is 30.6 Å². The van der Waals surface area contributed by atoms with Gasteiger partial charge in [0.25, 0.3) is 0 Å². The maximum atomic E-state index is 5.46. The summed E-state index contributed by atoms with van der Waals surface area (Å²) in [4.78, 5) is 12.7. The van der Waals surface area contributed by atoms with Gasteiger partial charge in [-0.05, 0) is 32.0 Å². The van der Waals surface area contributed by atoms with Crippen molar-refractivity contribution in [2.75, 3.05) is 23.7 Å². The lowest BCUT2D eigenvalue weighted by Gasteiger charge is -2.09. The van der Waals surface area contributed by atoms with Gasteiger partial charge in [0.2, 0.25) is 0 Å². The normalized spacial score (nSPS) is 10.2. The van der Waals surface area contributed by atoms with Crippen LogP contribution < -0.4 is 16.4 Å². The topological polar surface area (TPSA) is 88.8 Å². The summed E-state index contributed by atoms with van der Waals surface area (Å²) in [6, 6.07) is 5.65. The molecule has 0 bridgehead atoms. The summed E-state index contributed by atoms with van der Waals surface area (Å²) in [5.41, 5.74) is 6.41. The second-order valence-corrected chi connectivity index (χ2v) is 4.12. The number of rotatable bonds is 6. The fraction of sp³-hybridized carbons (Fsp3) is 0.308. The minimum absolute atomic E-state index is 0.666. The molecular weight excluding hydrogens is 240 g/mol. The van der Waals surface area contributed by atoms with Gasteiger partial charge in [-0.25, -0.2) is 9.97 Å². The lowest BCUT2D eigenvalue weighted by atomic mass is 10.4. The molecule has 0 amide bonds. The first kappa shape index (κ1) is 13.2. The van der Waals surface area contributed by atoms with Crippen LogP contribution >= 0.6 is 0 Å². The van der Waals surface area contributed by atoms with Gasteiger partial charge in [-0.3, -0.25) is 4.98 Å². The highest BCUT2D eigenvalue weighted by Gasteiger charge is 2.02. The smallest absolute Gasteiger partial charge is 0.136 e. The minimum Gasteiger partial charge on any atom is -0.370 e. The molecule has 2 heterocycles. The Morgan fingerprint density at radius 1 is 1.16 bits per heavy atom. The van der Waals surface area contributed by atoms with Crippen LogP contribution in [0.1, 0.15) is 12.2 Å². The molecule has 19 heavy (non-hydrogen) atoms.